The van der Waals surface area contributed by atoms with Crippen LogP contribution in [0.2, 0.25) is 0 Å². The Balaban J connectivity index is 1.60. The third-order valence-electron chi connectivity index (χ3n) is 4.84. The number of rotatable bonds is 5. The smallest absolute Gasteiger partial charge is 0.146 e. The van der Waals surface area contributed by atoms with Crippen LogP contribution in [0.15, 0.2) is 18.2 Å². The number of benzene rings is 1. The molecule has 2 aliphatic rings. The highest BCUT2D eigenvalue weighted by molar-refractivity contribution is 5.49. The molecule has 2 heterocycles. The number of ether oxygens (including phenoxy) is 1. The molecule has 0 aromatic heterocycles. The van der Waals surface area contributed by atoms with Gasteiger partial charge in [-0.05, 0) is 56.7 Å². The van der Waals surface area contributed by atoms with Gasteiger partial charge in [0.25, 0.3) is 0 Å². The van der Waals surface area contributed by atoms with Crippen molar-refractivity contribution in [3.05, 3.63) is 29.6 Å². The molecule has 0 spiro atoms. The highest BCUT2D eigenvalue weighted by Crippen LogP contribution is 2.26. The molecule has 2 atom stereocenters. The van der Waals surface area contributed by atoms with Crippen LogP contribution >= 0.6 is 0 Å². The Hall–Kier alpha value is -1.13. The van der Waals surface area contributed by atoms with Gasteiger partial charge in [0.15, 0.2) is 0 Å². The average molecular weight is 306 g/mol. The van der Waals surface area contributed by atoms with Gasteiger partial charge in [0.2, 0.25) is 0 Å². The maximum absolute atomic E-state index is 14.4. The predicted octanol–water partition coefficient (Wildman–Crippen LogP) is 3.65. The summed E-state index contributed by atoms with van der Waals surface area (Å²) in [5, 5.41) is 3.46. The van der Waals surface area contributed by atoms with Crippen molar-refractivity contribution in [1.29, 1.82) is 0 Å². The monoisotopic (exact) mass is 306 g/mol. The van der Waals surface area contributed by atoms with Gasteiger partial charge in [0.05, 0.1) is 11.8 Å². The number of anilines is 1. The van der Waals surface area contributed by atoms with E-state index in [4.69, 9.17) is 4.74 Å². The number of hydrogen-bond donors (Lipinski definition) is 1. The molecule has 3 nitrogen and oxygen atoms in total. The van der Waals surface area contributed by atoms with Crippen LogP contribution < -0.4 is 10.2 Å². The van der Waals surface area contributed by atoms with E-state index < -0.39 is 0 Å². The van der Waals surface area contributed by atoms with Crippen molar-refractivity contribution in [1.82, 2.24) is 5.32 Å². The Bertz CT molecular complexity index is 482. The highest BCUT2D eigenvalue weighted by Gasteiger charge is 2.18. The molecule has 0 bridgehead atoms. The van der Waals surface area contributed by atoms with Crippen LogP contribution in [0.4, 0.5) is 10.1 Å². The van der Waals surface area contributed by atoms with Crippen LogP contribution in [0.3, 0.4) is 0 Å². The van der Waals surface area contributed by atoms with Crippen molar-refractivity contribution < 1.29 is 9.13 Å². The molecular formula is C18H27FN2O. The molecule has 0 aliphatic carbocycles. The van der Waals surface area contributed by atoms with E-state index >= 15 is 0 Å². The molecule has 0 amide bonds. The molecule has 0 saturated carbocycles. The van der Waals surface area contributed by atoms with Crippen molar-refractivity contribution >= 4 is 5.69 Å². The van der Waals surface area contributed by atoms with E-state index in [9.17, 15) is 4.39 Å². The third-order valence-corrected chi connectivity index (χ3v) is 4.84. The van der Waals surface area contributed by atoms with Crippen molar-refractivity contribution in [2.45, 2.75) is 51.2 Å². The molecule has 1 aromatic rings. The van der Waals surface area contributed by atoms with Crippen molar-refractivity contribution in [2.24, 2.45) is 0 Å². The fourth-order valence-corrected chi connectivity index (χ4v) is 3.42. The lowest BCUT2D eigenvalue weighted by Crippen LogP contribution is -2.30. The summed E-state index contributed by atoms with van der Waals surface area (Å²) in [4.78, 5) is 2.17. The average Bonchev–Trinajstić information content (AvgIpc) is 3.07. The van der Waals surface area contributed by atoms with E-state index in [2.05, 4.69) is 23.2 Å². The highest BCUT2D eigenvalue weighted by atomic mass is 19.1. The molecule has 3 rings (SSSR count). The first-order chi connectivity index (χ1) is 10.7. The van der Waals surface area contributed by atoms with E-state index in [1.807, 2.05) is 6.07 Å². The molecule has 22 heavy (non-hydrogen) atoms. The van der Waals surface area contributed by atoms with E-state index in [0.717, 1.165) is 50.3 Å². The van der Waals surface area contributed by atoms with Crippen molar-refractivity contribution in [2.75, 3.05) is 31.1 Å². The first-order valence-electron chi connectivity index (χ1n) is 8.63. The summed E-state index contributed by atoms with van der Waals surface area (Å²) < 4.78 is 20.1. The molecule has 2 aliphatic heterocycles. The second-order valence-corrected chi connectivity index (χ2v) is 6.52. The van der Waals surface area contributed by atoms with Crippen LogP contribution in [0, 0.1) is 5.82 Å². The standard InChI is InChI=1S/C18H27FN2O/c1-14(20-13-16-6-5-11-22-16)15-7-8-18(17(19)12-15)21-9-3-2-4-10-21/h7-8,12,14,16,20H,2-6,9-11,13H2,1H3/t14-,16+/m0/s1. The molecule has 0 radical (unpaired) electrons. The second kappa shape index (κ2) is 7.42. The number of halogens is 1. The zero-order valence-electron chi connectivity index (χ0n) is 13.5. The zero-order valence-corrected chi connectivity index (χ0v) is 13.5. The minimum Gasteiger partial charge on any atom is -0.377 e. The number of hydrogen-bond acceptors (Lipinski definition) is 3. The van der Waals surface area contributed by atoms with E-state index in [1.165, 1.54) is 19.3 Å². The van der Waals surface area contributed by atoms with Crippen molar-refractivity contribution in [3.8, 4) is 0 Å². The first-order valence-corrected chi connectivity index (χ1v) is 8.63. The molecule has 122 valence electrons. The van der Waals surface area contributed by atoms with Crippen LogP contribution in [0.25, 0.3) is 0 Å². The third kappa shape index (κ3) is 3.79. The lowest BCUT2D eigenvalue weighted by molar-refractivity contribution is 0.108. The minimum atomic E-state index is -0.0924. The topological polar surface area (TPSA) is 24.5 Å². The molecule has 2 saturated heterocycles. The molecule has 4 heteroatoms. The van der Waals surface area contributed by atoms with E-state index in [0.29, 0.717) is 6.10 Å². The summed E-state index contributed by atoms with van der Waals surface area (Å²) in [5.41, 5.74) is 1.77. The van der Waals surface area contributed by atoms with Gasteiger partial charge in [-0.15, -0.1) is 0 Å². The molecule has 0 unspecified atom stereocenters. The van der Waals surface area contributed by atoms with Crippen LogP contribution in [0.5, 0.6) is 0 Å². The Morgan fingerprint density at radius 3 is 2.77 bits per heavy atom. The maximum Gasteiger partial charge on any atom is 0.146 e. The van der Waals surface area contributed by atoms with Gasteiger partial charge in [-0.1, -0.05) is 6.07 Å². The fraction of sp³-hybridized carbons (Fsp3) is 0.667. The number of piperidine rings is 1. The predicted molar refractivity (Wildman–Crippen MR) is 87.9 cm³/mol. The Labute approximate surface area is 132 Å². The van der Waals surface area contributed by atoms with Gasteiger partial charge in [-0.2, -0.15) is 0 Å². The quantitative estimate of drug-likeness (QED) is 0.899. The largest absolute Gasteiger partial charge is 0.377 e. The van der Waals surface area contributed by atoms with E-state index in [1.54, 1.807) is 6.07 Å². The number of nitrogens with one attached hydrogen (secondary N) is 1. The summed E-state index contributed by atoms with van der Waals surface area (Å²) >= 11 is 0. The summed E-state index contributed by atoms with van der Waals surface area (Å²) in [6, 6.07) is 5.84. The van der Waals surface area contributed by atoms with Gasteiger partial charge in [0, 0.05) is 32.3 Å². The van der Waals surface area contributed by atoms with Crippen LogP contribution in [0.1, 0.15) is 50.6 Å². The Kier molecular flexibility index (Phi) is 5.32. The fourth-order valence-electron chi connectivity index (χ4n) is 3.42. The van der Waals surface area contributed by atoms with Crippen molar-refractivity contribution in [3.63, 3.8) is 0 Å². The zero-order chi connectivity index (χ0) is 15.4. The molecular weight excluding hydrogens is 279 g/mol. The SMILES string of the molecule is C[C@H](NC[C@H]1CCCO1)c1ccc(N2CCCCC2)c(F)c1. The maximum atomic E-state index is 14.4. The van der Waals surface area contributed by atoms with Crippen LogP contribution in [-0.2, 0) is 4.74 Å². The first kappa shape index (κ1) is 15.8. The number of nitrogens with zero attached hydrogens (tertiary/aromatic N) is 1. The molecule has 1 N–H and O–H groups in total. The van der Waals surface area contributed by atoms with Crippen LogP contribution in [-0.4, -0.2) is 32.3 Å². The summed E-state index contributed by atoms with van der Waals surface area (Å²) in [6.45, 7) is 5.76. The molecule has 2 fully saturated rings. The lowest BCUT2D eigenvalue weighted by atomic mass is 10.1. The second-order valence-electron chi connectivity index (χ2n) is 6.52. The Morgan fingerprint density at radius 1 is 1.27 bits per heavy atom. The normalized spacial score (nSPS) is 23.7. The van der Waals surface area contributed by atoms with E-state index in [-0.39, 0.29) is 11.9 Å². The summed E-state index contributed by atoms with van der Waals surface area (Å²) in [5.74, 6) is -0.0924. The van der Waals surface area contributed by atoms with Gasteiger partial charge in [-0.25, -0.2) is 4.39 Å². The van der Waals surface area contributed by atoms with Gasteiger partial charge < -0.3 is 15.0 Å². The molecule has 1 aromatic carbocycles. The minimum absolute atomic E-state index is 0.0924. The lowest BCUT2D eigenvalue weighted by Gasteiger charge is -2.29. The van der Waals surface area contributed by atoms with Gasteiger partial charge in [-0.3, -0.25) is 0 Å². The Morgan fingerprint density at radius 2 is 2.09 bits per heavy atom. The van der Waals surface area contributed by atoms with Gasteiger partial charge in [0.1, 0.15) is 5.82 Å². The summed E-state index contributed by atoms with van der Waals surface area (Å²) in [6.07, 6.45) is 6.20. The summed E-state index contributed by atoms with van der Waals surface area (Å²) in [7, 11) is 0. The van der Waals surface area contributed by atoms with Gasteiger partial charge >= 0.3 is 0 Å².